The quantitative estimate of drug-likeness (QED) is 0.873. The van der Waals surface area contributed by atoms with Gasteiger partial charge in [-0.15, -0.1) is 23.7 Å². The number of hydrogen-bond donors (Lipinski definition) is 1. The SMILES string of the molecule is CC1CCC(C)N1Cc1cnc(N)s1.Cl. The summed E-state index contributed by atoms with van der Waals surface area (Å²) in [4.78, 5) is 7.89. The molecule has 0 aromatic carbocycles. The van der Waals surface area contributed by atoms with E-state index >= 15 is 0 Å². The fourth-order valence-corrected chi connectivity index (χ4v) is 2.83. The second-order valence-electron chi connectivity index (χ2n) is 4.11. The lowest BCUT2D eigenvalue weighted by atomic mass is 10.2. The van der Waals surface area contributed by atoms with Gasteiger partial charge in [-0.05, 0) is 26.7 Å². The minimum atomic E-state index is 0. The number of aromatic nitrogens is 1. The Morgan fingerprint density at radius 3 is 2.53 bits per heavy atom. The van der Waals surface area contributed by atoms with Gasteiger partial charge in [-0.2, -0.15) is 0 Å². The van der Waals surface area contributed by atoms with E-state index in [-0.39, 0.29) is 12.4 Å². The van der Waals surface area contributed by atoms with Crippen LogP contribution in [0, 0.1) is 0 Å². The van der Waals surface area contributed by atoms with Crippen LogP contribution in [0.1, 0.15) is 31.6 Å². The molecule has 0 aliphatic carbocycles. The zero-order chi connectivity index (χ0) is 10.1. The van der Waals surface area contributed by atoms with Crippen molar-refractivity contribution in [2.24, 2.45) is 0 Å². The highest BCUT2D eigenvalue weighted by Crippen LogP contribution is 2.27. The fraction of sp³-hybridized carbons (Fsp3) is 0.700. The average molecular weight is 248 g/mol. The van der Waals surface area contributed by atoms with E-state index in [2.05, 4.69) is 23.7 Å². The lowest BCUT2D eigenvalue weighted by Gasteiger charge is -2.24. The van der Waals surface area contributed by atoms with Gasteiger partial charge in [-0.25, -0.2) is 4.98 Å². The molecule has 1 saturated heterocycles. The lowest BCUT2D eigenvalue weighted by molar-refractivity contribution is 0.207. The third-order valence-electron chi connectivity index (χ3n) is 3.04. The summed E-state index contributed by atoms with van der Waals surface area (Å²) in [5, 5.41) is 0.680. The maximum absolute atomic E-state index is 5.61. The summed E-state index contributed by atoms with van der Waals surface area (Å²) < 4.78 is 0. The van der Waals surface area contributed by atoms with Crippen LogP contribution < -0.4 is 5.73 Å². The minimum Gasteiger partial charge on any atom is -0.375 e. The summed E-state index contributed by atoms with van der Waals surface area (Å²) in [6, 6.07) is 1.40. The Kier molecular flexibility index (Phi) is 4.37. The average Bonchev–Trinajstić information content (AvgIpc) is 2.67. The molecule has 2 atom stereocenters. The molecule has 86 valence electrons. The zero-order valence-electron chi connectivity index (χ0n) is 9.14. The predicted molar refractivity (Wildman–Crippen MR) is 67.5 cm³/mol. The van der Waals surface area contributed by atoms with Crippen LogP contribution in [-0.2, 0) is 6.54 Å². The molecular weight excluding hydrogens is 230 g/mol. The van der Waals surface area contributed by atoms with E-state index in [9.17, 15) is 0 Å². The lowest BCUT2D eigenvalue weighted by Crippen LogP contribution is -2.31. The maximum atomic E-state index is 5.61. The summed E-state index contributed by atoms with van der Waals surface area (Å²) in [6.45, 7) is 5.61. The van der Waals surface area contributed by atoms with Crippen molar-refractivity contribution in [2.75, 3.05) is 5.73 Å². The first-order valence-corrected chi connectivity index (χ1v) is 5.94. The van der Waals surface area contributed by atoms with E-state index < -0.39 is 0 Å². The van der Waals surface area contributed by atoms with Crippen molar-refractivity contribution >= 4 is 28.9 Å². The molecule has 1 aromatic heterocycles. The Morgan fingerprint density at radius 1 is 1.47 bits per heavy atom. The molecule has 0 saturated carbocycles. The molecule has 0 bridgehead atoms. The molecule has 0 amide bonds. The molecule has 2 rings (SSSR count). The number of likely N-dealkylation sites (tertiary alicyclic amines) is 1. The van der Waals surface area contributed by atoms with Crippen molar-refractivity contribution < 1.29 is 0 Å². The Balaban J connectivity index is 0.00000112. The highest BCUT2D eigenvalue weighted by molar-refractivity contribution is 7.15. The van der Waals surface area contributed by atoms with Gasteiger partial charge in [0, 0.05) is 29.7 Å². The summed E-state index contributed by atoms with van der Waals surface area (Å²) >= 11 is 1.60. The predicted octanol–water partition coefficient (Wildman–Crippen LogP) is 2.52. The van der Waals surface area contributed by atoms with Gasteiger partial charge >= 0.3 is 0 Å². The van der Waals surface area contributed by atoms with Crippen LogP contribution in [0.15, 0.2) is 6.20 Å². The number of rotatable bonds is 2. The molecule has 0 spiro atoms. The van der Waals surface area contributed by atoms with Gasteiger partial charge in [0.2, 0.25) is 0 Å². The molecule has 2 N–H and O–H groups in total. The molecule has 1 aliphatic heterocycles. The van der Waals surface area contributed by atoms with Crippen molar-refractivity contribution in [2.45, 2.75) is 45.3 Å². The number of hydrogen-bond acceptors (Lipinski definition) is 4. The largest absolute Gasteiger partial charge is 0.375 e. The molecule has 5 heteroatoms. The second-order valence-corrected chi connectivity index (χ2v) is 5.26. The first-order valence-electron chi connectivity index (χ1n) is 5.12. The highest BCUT2D eigenvalue weighted by atomic mass is 35.5. The van der Waals surface area contributed by atoms with Gasteiger partial charge in [0.25, 0.3) is 0 Å². The van der Waals surface area contributed by atoms with E-state index in [0.29, 0.717) is 17.2 Å². The summed E-state index contributed by atoms with van der Waals surface area (Å²) in [7, 11) is 0. The Hall–Kier alpha value is -0.320. The van der Waals surface area contributed by atoms with Crippen LogP contribution in [0.4, 0.5) is 5.13 Å². The van der Waals surface area contributed by atoms with Gasteiger partial charge in [0.1, 0.15) is 0 Å². The molecule has 0 radical (unpaired) electrons. The van der Waals surface area contributed by atoms with Gasteiger partial charge in [0.05, 0.1) is 0 Å². The first kappa shape index (κ1) is 12.7. The van der Waals surface area contributed by atoms with E-state index in [4.69, 9.17) is 5.73 Å². The standard InChI is InChI=1S/C10H17N3S.ClH/c1-7-3-4-8(2)13(7)6-9-5-12-10(11)14-9;/h5,7-8H,3-4,6H2,1-2H3,(H2,11,12);1H. The van der Waals surface area contributed by atoms with Crippen LogP contribution in [0.3, 0.4) is 0 Å². The topological polar surface area (TPSA) is 42.2 Å². The van der Waals surface area contributed by atoms with E-state index in [1.54, 1.807) is 11.3 Å². The number of thiazole rings is 1. The molecule has 1 fully saturated rings. The molecule has 1 aromatic rings. The number of halogens is 1. The Labute approximate surface area is 101 Å². The molecule has 2 unspecified atom stereocenters. The van der Waals surface area contributed by atoms with Gasteiger partial charge in [0.15, 0.2) is 5.13 Å². The van der Waals surface area contributed by atoms with E-state index in [0.717, 1.165) is 6.54 Å². The highest BCUT2D eigenvalue weighted by Gasteiger charge is 2.27. The van der Waals surface area contributed by atoms with Gasteiger partial charge in [-0.3, -0.25) is 4.90 Å². The van der Waals surface area contributed by atoms with Crippen molar-refractivity contribution in [3.8, 4) is 0 Å². The number of nitrogens with two attached hydrogens (primary N) is 1. The van der Waals surface area contributed by atoms with E-state index in [1.165, 1.54) is 17.7 Å². The Bertz CT molecular complexity index is 305. The van der Waals surface area contributed by atoms with Crippen molar-refractivity contribution in [1.82, 2.24) is 9.88 Å². The zero-order valence-corrected chi connectivity index (χ0v) is 10.8. The number of nitrogens with zero attached hydrogens (tertiary/aromatic N) is 2. The van der Waals surface area contributed by atoms with Gasteiger partial charge < -0.3 is 5.73 Å². The maximum Gasteiger partial charge on any atom is 0.180 e. The van der Waals surface area contributed by atoms with Crippen LogP contribution >= 0.6 is 23.7 Å². The fourth-order valence-electron chi connectivity index (χ4n) is 2.14. The molecule has 3 nitrogen and oxygen atoms in total. The smallest absolute Gasteiger partial charge is 0.180 e. The second kappa shape index (κ2) is 5.14. The van der Waals surface area contributed by atoms with Crippen LogP contribution in [0.2, 0.25) is 0 Å². The first-order chi connectivity index (χ1) is 6.66. The monoisotopic (exact) mass is 247 g/mol. The third kappa shape index (κ3) is 2.83. The summed E-state index contributed by atoms with van der Waals surface area (Å²) in [5.41, 5.74) is 5.61. The van der Waals surface area contributed by atoms with Crippen LogP contribution in [0.25, 0.3) is 0 Å². The molecule has 2 heterocycles. The summed E-state index contributed by atoms with van der Waals surface area (Å²) in [5.74, 6) is 0. The van der Waals surface area contributed by atoms with E-state index in [1.807, 2.05) is 6.20 Å². The number of anilines is 1. The molecule has 15 heavy (non-hydrogen) atoms. The Morgan fingerprint density at radius 2 is 2.07 bits per heavy atom. The van der Waals surface area contributed by atoms with Crippen molar-refractivity contribution in [3.63, 3.8) is 0 Å². The molecule has 1 aliphatic rings. The minimum absolute atomic E-state index is 0. The summed E-state index contributed by atoms with van der Waals surface area (Å²) in [6.07, 6.45) is 4.53. The van der Waals surface area contributed by atoms with Crippen LogP contribution in [0.5, 0.6) is 0 Å². The van der Waals surface area contributed by atoms with Gasteiger partial charge in [-0.1, -0.05) is 0 Å². The van der Waals surface area contributed by atoms with Crippen molar-refractivity contribution in [1.29, 1.82) is 0 Å². The normalized spacial score (nSPS) is 26.5. The van der Waals surface area contributed by atoms with Crippen LogP contribution in [-0.4, -0.2) is 22.0 Å². The number of nitrogen functional groups attached to an aromatic ring is 1. The molecular formula is C10H18ClN3S. The third-order valence-corrected chi connectivity index (χ3v) is 3.86. The van der Waals surface area contributed by atoms with Crippen molar-refractivity contribution in [3.05, 3.63) is 11.1 Å².